The lowest BCUT2D eigenvalue weighted by molar-refractivity contribution is -0.150. The zero-order valence-corrected chi connectivity index (χ0v) is 17.8. The average molecular weight is 447 g/mol. The minimum absolute atomic E-state index is 0.00182. The van der Waals surface area contributed by atoms with Crippen molar-refractivity contribution in [3.8, 4) is 16.2 Å². The summed E-state index contributed by atoms with van der Waals surface area (Å²) in [5, 5.41) is 2.71. The Bertz CT molecular complexity index is 938. The highest BCUT2D eigenvalue weighted by molar-refractivity contribution is 7.20. The summed E-state index contributed by atoms with van der Waals surface area (Å²) in [6.07, 6.45) is 4.34. The van der Waals surface area contributed by atoms with Crippen LogP contribution >= 0.6 is 11.3 Å². The first-order chi connectivity index (χ1) is 14.8. The van der Waals surface area contributed by atoms with Gasteiger partial charge in [0.25, 0.3) is 5.91 Å². The van der Waals surface area contributed by atoms with Crippen LogP contribution in [-0.2, 0) is 9.53 Å². The number of hydrogen-bond donors (Lipinski definition) is 4. The van der Waals surface area contributed by atoms with Crippen molar-refractivity contribution in [2.24, 2.45) is 17.2 Å². The Morgan fingerprint density at radius 1 is 1.13 bits per heavy atom. The summed E-state index contributed by atoms with van der Waals surface area (Å²) < 4.78 is 11.1. The van der Waals surface area contributed by atoms with Crippen LogP contribution < -0.4 is 27.3 Å². The van der Waals surface area contributed by atoms with E-state index in [0.29, 0.717) is 17.2 Å². The Labute approximate surface area is 183 Å². The Morgan fingerprint density at radius 2 is 1.81 bits per heavy atom. The first-order valence-electron chi connectivity index (χ1n) is 10.0. The van der Waals surface area contributed by atoms with Gasteiger partial charge >= 0.3 is 12.0 Å². The van der Waals surface area contributed by atoms with Gasteiger partial charge in [-0.1, -0.05) is 0 Å². The summed E-state index contributed by atoms with van der Waals surface area (Å²) in [7, 11) is 0. The molecule has 1 saturated carbocycles. The number of nitrogens with two attached hydrogens (primary N) is 3. The largest absolute Gasteiger partial charge is 0.494 e. The molecular formula is C21H26N4O5S. The zero-order valence-electron chi connectivity index (χ0n) is 17.0. The summed E-state index contributed by atoms with van der Waals surface area (Å²) in [6, 6.07) is 7.27. The molecule has 1 aliphatic rings. The fourth-order valence-corrected chi connectivity index (χ4v) is 4.39. The van der Waals surface area contributed by atoms with Crippen LogP contribution in [0.4, 0.5) is 9.80 Å². The van der Waals surface area contributed by atoms with E-state index in [1.165, 1.54) is 11.3 Å². The van der Waals surface area contributed by atoms with Crippen LogP contribution in [0, 0.1) is 0 Å². The van der Waals surface area contributed by atoms with Crippen LogP contribution in [0.5, 0.6) is 5.75 Å². The molecule has 1 aromatic heterocycles. The molecule has 3 rings (SSSR count). The average Bonchev–Trinajstić information content (AvgIpc) is 3.38. The first kappa shape index (κ1) is 22.6. The number of carbonyl (C=O) groups excluding carboxylic acids is 3. The molecule has 3 amide bonds. The lowest BCUT2D eigenvalue weighted by Gasteiger charge is -2.16. The van der Waals surface area contributed by atoms with E-state index in [-0.39, 0.29) is 24.2 Å². The molecule has 31 heavy (non-hydrogen) atoms. The van der Waals surface area contributed by atoms with E-state index in [4.69, 9.17) is 26.7 Å². The number of primary amides is 2. The van der Waals surface area contributed by atoms with E-state index in [1.807, 2.05) is 12.1 Å². The van der Waals surface area contributed by atoms with Crippen LogP contribution in [-0.4, -0.2) is 36.7 Å². The number of rotatable bonds is 9. The third kappa shape index (κ3) is 6.19. The maximum absolute atomic E-state index is 12.0. The smallest absolute Gasteiger partial charge is 0.323 e. The molecule has 1 atom stereocenters. The van der Waals surface area contributed by atoms with Crippen LogP contribution in [0.2, 0.25) is 0 Å². The van der Waals surface area contributed by atoms with Gasteiger partial charge < -0.3 is 26.7 Å². The van der Waals surface area contributed by atoms with E-state index in [1.54, 1.807) is 18.2 Å². The predicted octanol–water partition coefficient (Wildman–Crippen LogP) is 2.59. The Balaban J connectivity index is 1.53. The molecular weight excluding hydrogens is 420 g/mol. The molecule has 0 aliphatic heterocycles. The number of urea groups is 1. The summed E-state index contributed by atoms with van der Waals surface area (Å²) >= 11 is 1.19. The molecule has 0 spiro atoms. The number of hydrogen-bond acceptors (Lipinski definition) is 7. The molecule has 7 N–H and O–H groups in total. The normalized spacial score (nSPS) is 14.7. The Morgan fingerprint density at radius 3 is 2.42 bits per heavy atom. The number of carbonyl (C=O) groups is 3. The second-order valence-electron chi connectivity index (χ2n) is 7.32. The van der Waals surface area contributed by atoms with Gasteiger partial charge in [-0.2, -0.15) is 0 Å². The van der Waals surface area contributed by atoms with E-state index >= 15 is 0 Å². The van der Waals surface area contributed by atoms with Gasteiger partial charge in [-0.25, -0.2) is 4.79 Å². The molecule has 0 unspecified atom stereocenters. The Hall–Kier alpha value is -3.11. The number of benzene rings is 1. The maximum atomic E-state index is 12.0. The third-order valence-electron chi connectivity index (χ3n) is 4.96. The van der Waals surface area contributed by atoms with Crippen molar-refractivity contribution in [2.75, 3.05) is 11.9 Å². The molecule has 9 nitrogen and oxygen atoms in total. The van der Waals surface area contributed by atoms with Crippen molar-refractivity contribution in [2.45, 2.75) is 44.2 Å². The standard InChI is InChI=1S/C21H26N4O5S/c22-16(20(27)30-14-3-1-2-4-14)9-10-29-13-7-5-12(6-8-13)17-11-15(18(23)26)19(31-17)25-21(24)28/h5-8,11,14,16H,1-4,9-10,22H2,(H2,23,26)(H3,24,25,28)/t16-/m0/s1. The number of nitrogens with one attached hydrogen (secondary N) is 1. The van der Waals surface area contributed by atoms with Gasteiger partial charge in [0.15, 0.2) is 0 Å². The van der Waals surface area contributed by atoms with Crippen LogP contribution in [0.25, 0.3) is 10.4 Å². The molecule has 10 heteroatoms. The summed E-state index contributed by atoms with van der Waals surface area (Å²) in [5.74, 6) is -0.426. The molecule has 1 aliphatic carbocycles. The van der Waals surface area contributed by atoms with Gasteiger partial charge in [-0.3, -0.25) is 14.9 Å². The minimum atomic E-state index is -0.773. The second kappa shape index (κ2) is 10.3. The number of anilines is 1. The molecule has 0 radical (unpaired) electrons. The fourth-order valence-electron chi connectivity index (χ4n) is 3.32. The van der Waals surface area contributed by atoms with Crippen molar-refractivity contribution >= 4 is 34.2 Å². The van der Waals surface area contributed by atoms with Gasteiger partial charge in [0, 0.05) is 11.3 Å². The predicted molar refractivity (Wildman–Crippen MR) is 118 cm³/mol. The molecule has 166 valence electrons. The van der Waals surface area contributed by atoms with Gasteiger partial charge in [0.2, 0.25) is 0 Å². The molecule has 0 saturated heterocycles. The fraction of sp³-hybridized carbons (Fsp3) is 0.381. The summed E-state index contributed by atoms with van der Waals surface area (Å²) in [6.45, 7) is 0.276. The highest BCUT2D eigenvalue weighted by atomic mass is 32.1. The number of esters is 1. The summed E-state index contributed by atoms with van der Waals surface area (Å²) in [5.41, 5.74) is 17.4. The van der Waals surface area contributed by atoms with E-state index < -0.39 is 18.0 Å². The maximum Gasteiger partial charge on any atom is 0.323 e. The highest BCUT2D eigenvalue weighted by Crippen LogP contribution is 2.36. The van der Waals surface area contributed by atoms with Gasteiger partial charge in [-0.15, -0.1) is 11.3 Å². The lowest BCUT2D eigenvalue weighted by atomic mass is 10.1. The first-order valence-corrected chi connectivity index (χ1v) is 10.8. The van der Waals surface area contributed by atoms with Crippen molar-refractivity contribution in [3.05, 3.63) is 35.9 Å². The van der Waals surface area contributed by atoms with Crippen LogP contribution in [0.3, 0.4) is 0 Å². The zero-order chi connectivity index (χ0) is 22.4. The monoisotopic (exact) mass is 446 g/mol. The van der Waals surface area contributed by atoms with E-state index in [2.05, 4.69) is 5.32 Å². The van der Waals surface area contributed by atoms with Crippen molar-refractivity contribution in [1.29, 1.82) is 0 Å². The van der Waals surface area contributed by atoms with Crippen molar-refractivity contribution < 1.29 is 23.9 Å². The molecule has 0 bridgehead atoms. The van der Waals surface area contributed by atoms with Gasteiger partial charge in [0.05, 0.1) is 12.2 Å². The van der Waals surface area contributed by atoms with E-state index in [9.17, 15) is 14.4 Å². The van der Waals surface area contributed by atoms with E-state index in [0.717, 1.165) is 36.1 Å². The molecule has 1 fully saturated rings. The third-order valence-corrected chi connectivity index (χ3v) is 6.06. The number of amides is 3. The highest BCUT2D eigenvalue weighted by Gasteiger charge is 2.23. The number of thiophene rings is 1. The van der Waals surface area contributed by atoms with Crippen LogP contribution in [0.15, 0.2) is 30.3 Å². The topological polar surface area (TPSA) is 160 Å². The van der Waals surface area contributed by atoms with Crippen LogP contribution in [0.1, 0.15) is 42.5 Å². The number of ether oxygens (including phenoxy) is 2. The SMILES string of the molecule is NC(=O)Nc1sc(-c2ccc(OCC[C@H](N)C(=O)OC3CCCC3)cc2)cc1C(N)=O. The van der Waals surface area contributed by atoms with Crippen molar-refractivity contribution in [3.63, 3.8) is 0 Å². The molecule has 2 aromatic rings. The lowest BCUT2D eigenvalue weighted by Crippen LogP contribution is -2.35. The van der Waals surface area contributed by atoms with Gasteiger partial charge in [-0.05, 0) is 61.6 Å². The van der Waals surface area contributed by atoms with Gasteiger partial charge in [0.1, 0.15) is 22.9 Å². The molecule has 1 heterocycles. The second-order valence-corrected chi connectivity index (χ2v) is 8.37. The van der Waals surface area contributed by atoms with Crippen molar-refractivity contribution in [1.82, 2.24) is 0 Å². The Kier molecular flexibility index (Phi) is 7.48. The minimum Gasteiger partial charge on any atom is -0.494 e. The summed E-state index contributed by atoms with van der Waals surface area (Å²) in [4.78, 5) is 35.5. The molecule has 1 aromatic carbocycles. The quantitative estimate of drug-likeness (QED) is 0.433.